The predicted molar refractivity (Wildman–Crippen MR) is 146 cm³/mol. The Morgan fingerprint density at radius 1 is 0.512 bits per heavy atom. The molecule has 4 rings (SSSR count). The van der Waals surface area contributed by atoms with Crippen LogP contribution in [-0.4, -0.2) is 28.1 Å². The van der Waals surface area contributed by atoms with E-state index in [1.54, 1.807) is 0 Å². The first kappa shape index (κ1) is 29.1. The molecule has 0 aliphatic heterocycles. The Morgan fingerprint density at radius 2 is 0.902 bits per heavy atom. The Hall–Kier alpha value is -4.87. The Kier molecular flexibility index (Phi) is 8.31. The second-order valence-corrected chi connectivity index (χ2v) is 12.2. The largest absolute Gasteiger partial charge is 0.290 e. The lowest BCUT2D eigenvalue weighted by atomic mass is 10.3. The molecule has 0 saturated heterocycles. The number of nitro groups is 4. The maximum absolute atomic E-state index is 13.4. The number of benzene rings is 4. The fraction of sp³-hybridized carbons (Fsp3) is 0. The van der Waals surface area contributed by atoms with Gasteiger partial charge in [-0.15, -0.1) is 0 Å². The zero-order chi connectivity index (χ0) is 29.9. The third-order valence-electron chi connectivity index (χ3n) is 5.39. The number of nitrogens with zero attached hydrogens (tertiary/aromatic N) is 4. The SMILES string of the molecule is O=[N+]([O-])c1ccc(Sc2cccc(S(=O)(=O)c3cccc(Sc4ccc([N+](=O)[O-])cc4[N+](=O)[O-])c3)c2)c([N+](=O)[O-])c1. The molecule has 0 aromatic heterocycles. The molecule has 0 radical (unpaired) electrons. The monoisotopic (exact) mass is 614 g/mol. The lowest BCUT2D eigenvalue weighted by Crippen LogP contribution is -2.02. The second kappa shape index (κ2) is 11.7. The summed E-state index contributed by atoms with van der Waals surface area (Å²) in [6.45, 7) is 0. The van der Waals surface area contributed by atoms with E-state index in [4.69, 9.17) is 0 Å². The molecule has 0 heterocycles. The molecular formula is C24H14N4O10S3. The molecule has 208 valence electrons. The molecule has 17 heteroatoms. The van der Waals surface area contributed by atoms with Crippen LogP contribution >= 0.6 is 23.5 Å². The number of hydrogen-bond acceptors (Lipinski definition) is 12. The summed E-state index contributed by atoms with van der Waals surface area (Å²) < 4.78 is 26.9. The van der Waals surface area contributed by atoms with Crippen LogP contribution in [0.3, 0.4) is 0 Å². The van der Waals surface area contributed by atoms with Gasteiger partial charge in [0.15, 0.2) is 0 Å². The average Bonchev–Trinajstić information content (AvgIpc) is 2.93. The highest BCUT2D eigenvalue weighted by Gasteiger charge is 2.24. The Balaban J connectivity index is 1.65. The smallest absolute Gasteiger partial charge is 0.258 e. The van der Waals surface area contributed by atoms with Crippen molar-refractivity contribution in [1.29, 1.82) is 0 Å². The van der Waals surface area contributed by atoms with Gasteiger partial charge in [0.25, 0.3) is 22.7 Å². The number of nitro benzene ring substituents is 4. The van der Waals surface area contributed by atoms with Gasteiger partial charge in [-0.3, -0.25) is 40.5 Å². The van der Waals surface area contributed by atoms with Gasteiger partial charge in [0.05, 0.1) is 51.4 Å². The molecule has 0 aliphatic rings. The molecule has 0 atom stereocenters. The van der Waals surface area contributed by atoms with Crippen LogP contribution in [0.2, 0.25) is 0 Å². The number of hydrogen-bond donors (Lipinski definition) is 0. The lowest BCUT2D eigenvalue weighted by Gasteiger charge is -2.09. The molecule has 4 aromatic rings. The normalized spacial score (nSPS) is 11.1. The topological polar surface area (TPSA) is 207 Å². The van der Waals surface area contributed by atoms with E-state index >= 15 is 0 Å². The van der Waals surface area contributed by atoms with Crippen LogP contribution in [0.25, 0.3) is 0 Å². The molecule has 0 aliphatic carbocycles. The summed E-state index contributed by atoms with van der Waals surface area (Å²) in [5.74, 6) is 0. The number of sulfone groups is 1. The van der Waals surface area contributed by atoms with Crippen LogP contribution < -0.4 is 0 Å². The van der Waals surface area contributed by atoms with E-state index in [9.17, 15) is 48.9 Å². The minimum absolute atomic E-state index is 0.0678. The number of rotatable bonds is 10. The quantitative estimate of drug-likeness (QED) is 0.139. The molecule has 4 aromatic carbocycles. The number of non-ortho nitro benzene ring substituents is 2. The van der Waals surface area contributed by atoms with E-state index in [2.05, 4.69) is 0 Å². The fourth-order valence-corrected chi connectivity index (χ4v) is 6.92. The summed E-state index contributed by atoms with van der Waals surface area (Å²) in [6.07, 6.45) is 0. The second-order valence-electron chi connectivity index (χ2n) is 7.99. The van der Waals surface area contributed by atoms with Gasteiger partial charge in [-0.1, -0.05) is 35.7 Å². The van der Waals surface area contributed by atoms with Crippen molar-refractivity contribution >= 4 is 56.1 Å². The van der Waals surface area contributed by atoms with Crippen molar-refractivity contribution in [3.8, 4) is 0 Å². The first-order valence-electron chi connectivity index (χ1n) is 11.0. The molecule has 0 bridgehead atoms. The minimum atomic E-state index is -4.13. The van der Waals surface area contributed by atoms with Crippen LogP contribution in [0.4, 0.5) is 22.7 Å². The van der Waals surface area contributed by atoms with E-state index < -0.39 is 52.3 Å². The van der Waals surface area contributed by atoms with Crippen molar-refractivity contribution in [1.82, 2.24) is 0 Å². The molecule has 0 fully saturated rings. The third-order valence-corrected chi connectivity index (χ3v) is 9.25. The molecule has 0 spiro atoms. The van der Waals surface area contributed by atoms with Gasteiger partial charge in [-0.2, -0.15) is 0 Å². The van der Waals surface area contributed by atoms with Crippen molar-refractivity contribution in [3.05, 3.63) is 125 Å². The van der Waals surface area contributed by atoms with Crippen molar-refractivity contribution in [3.63, 3.8) is 0 Å². The third kappa shape index (κ3) is 6.48. The Bertz CT molecular complexity index is 1720. The van der Waals surface area contributed by atoms with Crippen molar-refractivity contribution < 1.29 is 28.1 Å². The van der Waals surface area contributed by atoms with Gasteiger partial charge < -0.3 is 0 Å². The summed E-state index contributed by atoms with van der Waals surface area (Å²) in [5, 5.41) is 44.9. The Labute approximate surface area is 238 Å². The molecule has 0 saturated carbocycles. The summed E-state index contributed by atoms with van der Waals surface area (Å²) in [7, 11) is -4.13. The van der Waals surface area contributed by atoms with E-state index in [1.807, 2.05) is 0 Å². The van der Waals surface area contributed by atoms with Crippen molar-refractivity contribution in [2.24, 2.45) is 0 Å². The highest BCUT2D eigenvalue weighted by atomic mass is 32.2. The average molecular weight is 615 g/mol. The van der Waals surface area contributed by atoms with Crippen LogP contribution in [0.5, 0.6) is 0 Å². The van der Waals surface area contributed by atoms with Gasteiger partial charge in [0.2, 0.25) is 9.84 Å². The zero-order valence-corrected chi connectivity index (χ0v) is 22.6. The predicted octanol–water partition coefficient (Wildman–Crippen LogP) is 6.45. The molecule has 14 nitrogen and oxygen atoms in total. The van der Waals surface area contributed by atoms with E-state index in [1.165, 1.54) is 60.7 Å². The molecule has 41 heavy (non-hydrogen) atoms. The highest BCUT2D eigenvalue weighted by molar-refractivity contribution is 8.00. The highest BCUT2D eigenvalue weighted by Crippen LogP contribution is 2.40. The van der Waals surface area contributed by atoms with Crippen LogP contribution in [-0.2, 0) is 9.84 Å². The maximum Gasteiger partial charge on any atom is 0.290 e. The van der Waals surface area contributed by atoms with Gasteiger partial charge in [-0.05, 0) is 48.5 Å². The van der Waals surface area contributed by atoms with Crippen molar-refractivity contribution in [2.75, 3.05) is 0 Å². The van der Waals surface area contributed by atoms with Gasteiger partial charge in [-0.25, -0.2) is 8.42 Å². The lowest BCUT2D eigenvalue weighted by molar-refractivity contribution is -0.396. The van der Waals surface area contributed by atoms with Gasteiger partial charge >= 0.3 is 0 Å². The fourth-order valence-electron chi connectivity index (χ4n) is 3.50. The molecule has 0 amide bonds. The summed E-state index contributed by atoms with van der Waals surface area (Å²) >= 11 is 1.71. The zero-order valence-electron chi connectivity index (χ0n) is 20.2. The Morgan fingerprint density at radius 3 is 1.24 bits per heavy atom. The van der Waals surface area contributed by atoms with Crippen LogP contribution in [0, 0.1) is 40.5 Å². The van der Waals surface area contributed by atoms with Crippen LogP contribution in [0.15, 0.2) is 114 Å². The van der Waals surface area contributed by atoms with E-state index in [0.717, 1.165) is 47.8 Å². The molecule has 0 N–H and O–H groups in total. The van der Waals surface area contributed by atoms with E-state index in [-0.39, 0.29) is 19.6 Å². The first-order valence-corrected chi connectivity index (χ1v) is 14.1. The van der Waals surface area contributed by atoms with Crippen molar-refractivity contribution in [2.45, 2.75) is 29.4 Å². The molecular weight excluding hydrogens is 600 g/mol. The molecule has 0 unspecified atom stereocenters. The van der Waals surface area contributed by atoms with Crippen LogP contribution in [0.1, 0.15) is 0 Å². The van der Waals surface area contributed by atoms with E-state index in [0.29, 0.717) is 9.79 Å². The van der Waals surface area contributed by atoms with Gasteiger partial charge in [0, 0.05) is 21.9 Å². The minimum Gasteiger partial charge on any atom is -0.258 e. The standard InChI is InChI=1S/C24H14N4O10S3/c29-25(30)15-7-9-23(21(11-15)27(33)34)39-17-3-1-5-19(13-17)41(37,38)20-6-2-4-18(14-20)40-24-10-8-16(26(31)32)12-22(24)28(35)36/h1-14H. The summed E-state index contributed by atoms with van der Waals surface area (Å²) in [4.78, 5) is 42.4. The summed E-state index contributed by atoms with van der Waals surface area (Å²) in [6, 6.07) is 17.4. The summed E-state index contributed by atoms with van der Waals surface area (Å²) in [5.41, 5.74) is -1.95. The maximum atomic E-state index is 13.4. The first-order chi connectivity index (χ1) is 19.4. The van der Waals surface area contributed by atoms with Gasteiger partial charge in [0.1, 0.15) is 0 Å².